The van der Waals surface area contributed by atoms with E-state index in [9.17, 15) is 8.42 Å². The molecular formula is C14H22N2O3S. The van der Waals surface area contributed by atoms with E-state index in [0.717, 1.165) is 30.6 Å². The zero-order chi connectivity index (χ0) is 14.6. The van der Waals surface area contributed by atoms with E-state index in [2.05, 4.69) is 4.72 Å². The summed E-state index contributed by atoms with van der Waals surface area (Å²) in [5, 5.41) is 0. The van der Waals surface area contributed by atoms with Crippen LogP contribution in [-0.4, -0.2) is 32.4 Å². The fourth-order valence-corrected chi connectivity index (χ4v) is 3.89. The smallest absolute Gasteiger partial charge is 0.279 e. The average Bonchev–Trinajstić information content (AvgIpc) is 2.46. The Hall–Kier alpha value is -1.11. The molecule has 0 radical (unpaired) electrons. The molecule has 1 fully saturated rings. The predicted octanol–water partition coefficient (Wildman–Crippen LogP) is 1.90. The van der Waals surface area contributed by atoms with Gasteiger partial charge in [0.2, 0.25) is 0 Å². The lowest BCUT2D eigenvalue weighted by Crippen LogP contribution is -2.47. The van der Waals surface area contributed by atoms with Crippen molar-refractivity contribution in [3.63, 3.8) is 0 Å². The highest BCUT2D eigenvalue weighted by atomic mass is 32.2. The Labute approximate surface area is 121 Å². The standard InChI is InChI=1S/C14H22N2O3S/c1-12-5-3-4-10-16(12)20(17,18)15-11-13-6-8-14(19-2)9-7-13/h6-9,12,15H,3-5,10-11H2,1-2H3/t12-/m1/s1. The molecule has 1 saturated heterocycles. The van der Waals surface area contributed by atoms with Crippen molar-refractivity contribution in [3.8, 4) is 5.75 Å². The average molecular weight is 298 g/mol. The fourth-order valence-electron chi connectivity index (χ4n) is 2.43. The summed E-state index contributed by atoms with van der Waals surface area (Å²) in [6.07, 6.45) is 2.98. The number of rotatable bonds is 5. The SMILES string of the molecule is COc1ccc(CNS(=O)(=O)N2CCCC[C@H]2C)cc1. The summed E-state index contributed by atoms with van der Waals surface area (Å²) in [4.78, 5) is 0. The number of nitrogens with zero attached hydrogens (tertiary/aromatic N) is 1. The largest absolute Gasteiger partial charge is 0.497 e. The van der Waals surface area contributed by atoms with Crippen LogP contribution in [0.1, 0.15) is 31.7 Å². The molecule has 1 aliphatic heterocycles. The summed E-state index contributed by atoms with van der Waals surface area (Å²) < 4.78 is 33.9. The third-order valence-corrected chi connectivity index (χ3v) is 5.34. The van der Waals surface area contributed by atoms with Crippen molar-refractivity contribution in [2.75, 3.05) is 13.7 Å². The van der Waals surface area contributed by atoms with Gasteiger partial charge in [-0.05, 0) is 37.5 Å². The molecule has 6 heteroatoms. The van der Waals surface area contributed by atoms with Crippen molar-refractivity contribution in [1.29, 1.82) is 0 Å². The van der Waals surface area contributed by atoms with Gasteiger partial charge in [0.25, 0.3) is 10.2 Å². The van der Waals surface area contributed by atoms with Crippen LogP contribution in [0.5, 0.6) is 5.75 Å². The maximum Gasteiger partial charge on any atom is 0.279 e. The van der Waals surface area contributed by atoms with E-state index >= 15 is 0 Å². The summed E-state index contributed by atoms with van der Waals surface area (Å²) in [7, 11) is -1.79. The Bertz CT molecular complexity index is 528. The third-order valence-electron chi connectivity index (χ3n) is 3.67. The van der Waals surface area contributed by atoms with E-state index in [0.29, 0.717) is 13.1 Å². The molecular weight excluding hydrogens is 276 g/mol. The number of piperidine rings is 1. The summed E-state index contributed by atoms with van der Waals surface area (Å²) in [6, 6.07) is 7.46. The van der Waals surface area contributed by atoms with Gasteiger partial charge in [-0.2, -0.15) is 17.4 Å². The zero-order valence-electron chi connectivity index (χ0n) is 12.0. The first-order valence-electron chi connectivity index (χ1n) is 6.92. The molecule has 20 heavy (non-hydrogen) atoms. The van der Waals surface area contributed by atoms with Gasteiger partial charge in [0.15, 0.2) is 0 Å². The van der Waals surface area contributed by atoms with Gasteiger partial charge in [-0.3, -0.25) is 0 Å². The lowest BCUT2D eigenvalue weighted by Gasteiger charge is -2.32. The maximum atomic E-state index is 12.3. The molecule has 1 aromatic carbocycles. The van der Waals surface area contributed by atoms with Crippen LogP contribution in [0.15, 0.2) is 24.3 Å². The molecule has 0 spiro atoms. The van der Waals surface area contributed by atoms with E-state index in [-0.39, 0.29) is 6.04 Å². The van der Waals surface area contributed by atoms with Crippen LogP contribution >= 0.6 is 0 Å². The minimum atomic E-state index is -3.39. The van der Waals surface area contributed by atoms with Gasteiger partial charge >= 0.3 is 0 Å². The first-order valence-corrected chi connectivity index (χ1v) is 8.36. The van der Waals surface area contributed by atoms with Crippen molar-refractivity contribution in [3.05, 3.63) is 29.8 Å². The van der Waals surface area contributed by atoms with Crippen LogP contribution in [0.25, 0.3) is 0 Å². The molecule has 1 atom stereocenters. The minimum absolute atomic E-state index is 0.0807. The Morgan fingerprint density at radius 1 is 1.30 bits per heavy atom. The van der Waals surface area contributed by atoms with Crippen molar-refractivity contribution in [2.24, 2.45) is 0 Å². The number of hydrogen-bond donors (Lipinski definition) is 1. The van der Waals surface area contributed by atoms with Gasteiger partial charge in [-0.1, -0.05) is 18.6 Å². The predicted molar refractivity (Wildman–Crippen MR) is 78.8 cm³/mol. The van der Waals surface area contributed by atoms with Gasteiger partial charge in [0.1, 0.15) is 5.75 Å². The maximum absolute atomic E-state index is 12.3. The molecule has 0 aliphatic carbocycles. The molecule has 1 aliphatic rings. The van der Waals surface area contributed by atoms with E-state index in [1.54, 1.807) is 11.4 Å². The Kier molecular flexibility index (Phi) is 5.01. The molecule has 1 aromatic rings. The Balaban J connectivity index is 1.97. The van der Waals surface area contributed by atoms with Crippen LogP contribution in [0, 0.1) is 0 Å². The van der Waals surface area contributed by atoms with Gasteiger partial charge < -0.3 is 4.74 Å². The van der Waals surface area contributed by atoms with E-state index in [1.165, 1.54) is 0 Å². The van der Waals surface area contributed by atoms with Crippen molar-refractivity contribution >= 4 is 10.2 Å². The zero-order valence-corrected chi connectivity index (χ0v) is 12.8. The summed E-state index contributed by atoms with van der Waals surface area (Å²) in [5.74, 6) is 0.765. The van der Waals surface area contributed by atoms with Crippen molar-refractivity contribution in [2.45, 2.75) is 38.8 Å². The van der Waals surface area contributed by atoms with Crippen LogP contribution in [0.3, 0.4) is 0 Å². The number of methoxy groups -OCH3 is 1. The molecule has 0 unspecified atom stereocenters. The van der Waals surface area contributed by atoms with Crippen molar-refractivity contribution < 1.29 is 13.2 Å². The van der Waals surface area contributed by atoms with Crippen LogP contribution in [-0.2, 0) is 16.8 Å². The van der Waals surface area contributed by atoms with Crippen LogP contribution < -0.4 is 9.46 Å². The van der Waals surface area contributed by atoms with E-state index < -0.39 is 10.2 Å². The van der Waals surface area contributed by atoms with Crippen LogP contribution in [0.4, 0.5) is 0 Å². The number of nitrogens with one attached hydrogen (secondary N) is 1. The molecule has 112 valence electrons. The molecule has 1 heterocycles. The number of hydrogen-bond acceptors (Lipinski definition) is 3. The van der Waals surface area contributed by atoms with Gasteiger partial charge in [-0.25, -0.2) is 0 Å². The lowest BCUT2D eigenvalue weighted by atomic mass is 10.1. The minimum Gasteiger partial charge on any atom is -0.497 e. The molecule has 1 N–H and O–H groups in total. The van der Waals surface area contributed by atoms with Gasteiger partial charge in [0.05, 0.1) is 7.11 Å². The fraction of sp³-hybridized carbons (Fsp3) is 0.571. The Morgan fingerprint density at radius 3 is 2.60 bits per heavy atom. The highest BCUT2D eigenvalue weighted by Gasteiger charge is 2.28. The highest BCUT2D eigenvalue weighted by molar-refractivity contribution is 7.87. The summed E-state index contributed by atoms with van der Waals surface area (Å²) in [5.41, 5.74) is 0.916. The first kappa shape index (κ1) is 15.3. The van der Waals surface area contributed by atoms with Crippen LogP contribution in [0.2, 0.25) is 0 Å². The van der Waals surface area contributed by atoms with E-state index in [1.807, 2.05) is 31.2 Å². The second-order valence-electron chi connectivity index (χ2n) is 5.13. The second kappa shape index (κ2) is 6.56. The van der Waals surface area contributed by atoms with Gasteiger partial charge in [-0.15, -0.1) is 0 Å². The van der Waals surface area contributed by atoms with Gasteiger partial charge in [0, 0.05) is 19.1 Å². The molecule has 5 nitrogen and oxygen atoms in total. The molecule has 0 bridgehead atoms. The van der Waals surface area contributed by atoms with Crippen molar-refractivity contribution in [1.82, 2.24) is 9.03 Å². The Morgan fingerprint density at radius 2 is 2.00 bits per heavy atom. The first-order chi connectivity index (χ1) is 9.53. The second-order valence-corrected chi connectivity index (χ2v) is 6.84. The quantitative estimate of drug-likeness (QED) is 0.903. The number of ether oxygens (including phenoxy) is 1. The molecule has 2 rings (SSSR count). The molecule has 0 saturated carbocycles. The summed E-state index contributed by atoms with van der Waals surface area (Å²) >= 11 is 0. The monoisotopic (exact) mass is 298 g/mol. The lowest BCUT2D eigenvalue weighted by molar-refractivity contribution is 0.265. The van der Waals surface area contributed by atoms with E-state index in [4.69, 9.17) is 4.74 Å². The highest BCUT2D eigenvalue weighted by Crippen LogP contribution is 2.19. The molecule has 0 aromatic heterocycles. The normalized spacial score (nSPS) is 20.8. The summed E-state index contributed by atoms with van der Waals surface area (Å²) in [6.45, 7) is 2.88. The third kappa shape index (κ3) is 3.71. The number of benzene rings is 1. The molecule has 0 amide bonds. The topological polar surface area (TPSA) is 58.6 Å².